The van der Waals surface area contributed by atoms with E-state index in [2.05, 4.69) is 5.32 Å². The van der Waals surface area contributed by atoms with E-state index < -0.39 is 15.9 Å². The topological polar surface area (TPSA) is 88.8 Å². The first-order chi connectivity index (χ1) is 9.55. The van der Waals surface area contributed by atoms with Crippen LogP contribution in [0.4, 0.5) is 0 Å². The Morgan fingerprint density at radius 3 is 3.05 bits per heavy atom. The van der Waals surface area contributed by atoms with Crippen molar-refractivity contribution in [2.45, 2.75) is 19.1 Å². The van der Waals surface area contributed by atoms with E-state index in [4.69, 9.17) is 9.15 Å². The summed E-state index contributed by atoms with van der Waals surface area (Å²) in [4.78, 5) is 0. The Labute approximate surface area is 119 Å². The molecule has 0 amide bonds. The first-order valence-electron chi connectivity index (χ1n) is 6.74. The number of nitrogens with one attached hydrogen (secondary N) is 1. The lowest BCUT2D eigenvalue weighted by Crippen LogP contribution is -2.33. The fraction of sp³-hybridized carbons (Fsp3) is 0.692. The Hall–Kier alpha value is -0.890. The Morgan fingerprint density at radius 2 is 2.40 bits per heavy atom. The SMILES string of the molecule is O=S1(=O)CCC(CNCC(O)COCc2ccco2)C1. The minimum absolute atomic E-state index is 0.163. The normalized spacial score (nSPS) is 22.9. The second-order valence-electron chi connectivity index (χ2n) is 5.18. The quantitative estimate of drug-likeness (QED) is 0.712. The van der Waals surface area contributed by atoms with Crippen LogP contribution in [0.2, 0.25) is 0 Å². The van der Waals surface area contributed by atoms with Crippen molar-refractivity contribution in [2.24, 2.45) is 5.92 Å². The van der Waals surface area contributed by atoms with Crippen molar-refractivity contribution in [1.82, 2.24) is 5.32 Å². The molecule has 0 bridgehead atoms. The van der Waals surface area contributed by atoms with E-state index in [1.807, 2.05) is 6.07 Å². The maximum atomic E-state index is 11.3. The van der Waals surface area contributed by atoms with Gasteiger partial charge in [-0.15, -0.1) is 0 Å². The molecule has 2 atom stereocenters. The van der Waals surface area contributed by atoms with E-state index in [1.54, 1.807) is 12.3 Å². The number of furan rings is 1. The zero-order valence-corrected chi connectivity index (χ0v) is 12.1. The summed E-state index contributed by atoms with van der Waals surface area (Å²) in [6.07, 6.45) is 1.68. The molecule has 1 saturated heterocycles. The van der Waals surface area contributed by atoms with Gasteiger partial charge in [0.15, 0.2) is 9.84 Å². The molecule has 0 aliphatic carbocycles. The molecule has 1 aromatic heterocycles. The largest absolute Gasteiger partial charge is 0.467 e. The van der Waals surface area contributed by atoms with Crippen LogP contribution in [0.1, 0.15) is 12.2 Å². The summed E-state index contributed by atoms with van der Waals surface area (Å²) in [5.41, 5.74) is 0. The van der Waals surface area contributed by atoms with Gasteiger partial charge in [0.1, 0.15) is 12.4 Å². The van der Waals surface area contributed by atoms with Gasteiger partial charge in [0.25, 0.3) is 0 Å². The highest BCUT2D eigenvalue weighted by Crippen LogP contribution is 2.17. The van der Waals surface area contributed by atoms with Gasteiger partial charge in [-0.1, -0.05) is 0 Å². The number of rotatable bonds is 8. The van der Waals surface area contributed by atoms with Crippen molar-refractivity contribution in [3.8, 4) is 0 Å². The third-order valence-corrected chi connectivity index (χ3v) is 5.11. The smallest absolute Gasteiger partial charge is 0.150 e. The second kappa shape index (κ2) is 7.21. The number of ether oxygens (including phenoxy) is 1. The van der Waals surface area contributed by atoms with Crippen molar-refractivity contribution in [2.75, 3.05) is 31.2 Å². The van der Waals surface area contributed by atoms with Crippen LogP contribution in [0.5, 0.6) is 0 Å². The average Bonchev–Trinajstić information content (AvgIpc) is 2.99. The molecule has 0 radical (unpaired) electrons. The minimum Gasteiger partial charge on any atom is -0.467 e. The molecule has 1 aliphatic rings. The van der Waals surface area contributed by atoms with Crippen LogP contribution >= 0.6 is 0 Å². The highest BCUT2D eigenvalue weighted by atomic mass is 32.2. The van der Waals surface area contributed by atoms with Gasteiger partial charge in [-0.2, -0.15) is 0 Å². The summed E-state index contributed by atoms with van der Waals surface area (Å²) in [7, 11) is -2.82. The second-order valence-corrected chi connectivity index (χ2v) is 7.40. The van der Waals surface area contributed by atoms with Crippen LogP contribution in [0, 0.1) is 5.92 Å². The zero-order valence-electron chi connectivity index (χ0n) is 11.3. The van der Waals surface area contributed by atoms with Gasteiger partial charge in [0.2, 0.25) is 0 Å². The monoisotopic (exact) mass is 303 g/mol. The standard InChI is InChI=1S/C13H21NO5S/c15-12(8-18-9-13-2-1-4-19-13)7-14-6-11-3-5-20(16,17)10-11/h1-2,4,11-12,14-15H,3,5-10H2. The van der Waals surface area contributed by atoms with Gasteiger partial charge in [-0.3, -0.25) is 0 Å². The number of aliphatic hydroxyl groups excluding tert-OH is 1. The van der Waals surface area contributed by atoms with Crippen molar-refractivity contribution >= 4 is 9.84 Å². The van der Waals surface area contributed by atoms with E-state index in [9.17, 15) is 13.5 Å². The lowest BCUT2D eigenvalue weighted by Gasteiger charge is -2.14. The van der Waals surface area contributed by atoms with E-state index in [0.29, 0.717) is 26.1 Å². The van der Waals surface area contributed by atoms with E-state index >= 15 is 0 Å². The Balaban J connectivity index is 1.53. The first-order valence-corrected chi connectivity index (χ1v) is 8.56. The van der Waals surface area contributed by atoms with Crippen molar-refractivity contribution in [1.29, 1.82) is 0 Å². The van der Waals surface area contributed by atoms with Gasteiger partial charge in [-0.05, 0) is 31.0 Å². The summed E-state index contributed by atoms with van der Waals surface area (Å²) in [5.74, 6) is 1.43. The van der Waals surface area contributed by atoms with Crippen LogP contribution in [0.15, 0.2) is 22.8 Å². The van der Waals surface area contributed by atoms with Gasteiger partial charge in [0, 0.05) is 6.54 Å². The third-order valence-electron chi connectivity index (χ3n) is 3.27. The van der Waals surface area contributed by atoms with E-state index in [0.717, 1.165) is 5.76 Å². The van der Waals surface area contributed by atoms with Crippen LogP contribution in [-0.2, 0) is 21.2 Å². The van der Waals surface area contributed by atoms with Crippen LogP contribution in [-0.4, -0.2) is 50.8 Å². The molecule has 7 heteroatoms. The molecule has 2 N–H and O–H groups in total. The molecule has 1 fully saturated rings. The highest BCUT2D eigenvalue weighted by molar-refractivity contribution is 7.91. The highest BCUT2D eigenvalue weighted by Gasteiger charge is 2.27. The van der Waals surface area contributed by atoms with E-state index in [1.165, 1.54) is 0 Å². The molecular formula is C13H21NO5S. The molecule has 114 valence electrons. The Kier molecular flexibility index (Phi) is 5.59. The average molecular weight is 303 g/mol. The fourth-order valence-electron chi connectivity index (χ4n) is 2.24. The van der Waals surface area contributed by atoms with E-state index in [-0.39, 0.29) is 24.0 Å². The Morgan fingerprint density at radius 1 is 1.55 bits per heavy atom. The van der Waals surface area contributed by atoms with Gasteiger partial charge in [-0.25, -0.2) is 8.42 Å². The zero-order chi connectivity index (χ0) is 14.4. The minimum atomic E-state index is -2.82. The van der Waals surface area contributed by atoms with Gasteiger partial charge >= 0.3 is 0 Å². The molecular weight excluding hydrogens is 282 g/mol. The molecule has 1 aromatic rings. The number of hydrogen-bond donors (Lipinski definition) is 2. The molecule has 2 heterocycles. The van der Waals surface area contributed by atoms with Crippen LogP contribution in [0.25, 0.3) is 0 Å². The molecule has 0 saturated carbocycles. The van der Waals surface area contributed by atoms with Crippen molar-refractivity contribution < 1.29 is 22.7 Å². The van der Waals surface area contributed by atoms with Crippen molar-refractivity contribution in [3.63, 3.8) is 0 Å². The molecule has 0 aromatic carbocycles. The molecule has 2 rings (SSSR count). The summed E-state index contributed by atoms with van der Waals surface area (Å²) >= 11 is 0. The van der Waals surface area contributed by atoms with Crippen LogP contribution < -0.4 is 5.32 Å². The molecule has 20 heavy (non-hydrogen) atoms. The molecule has 1 aliphatic heterocycles. The van der Waals surface area contributed by atoms with Crippen molar-refractivity contribution in [3.05, 3.63) is 24.2 Å². The first kappa shape index (κ1) is 15.5. The summed E-state index contributed by atoms with van der Waals surface area (Å²) < 4.78 is 33.0. The predicted molar refractivity (Wildman–Crippen MR) is 74.0 cm³/mol. The van der Waals surface area contributed by atoms with Gasteiger partial charge < -0.3 is 19.6 Å². The molecule has 6 nitrogen and oxygen atoms in total. The Bertz CT molecular complexity index is 485. The summed E-state index contributed by atoms with van der Waals surface area (Å²) in [6, 6.07) is 3.59. The molecule has 2 unspecified atom stereocenters. The molecule has 0 spiro atoms. The van der Waals surface area contributed by atoms with Crippen LogP contribution in [0.3, 0.4) is 0 Å². The summed E-state index contributed by atoms with van der Waals surface area (Å²) in [6.45, 7) is 1.57. The number of sulfone groups is 1. The van der Waals surface area contributed by atoms with Gasteiger partial charge in [0.05, 0.1) is 30.5 Å². The predicted octanol–water partition coefficient (Wildman–Crippen LogP) is 0.181. The maximum absolute atomic E-state index is 11.3. The number of hydrogen-bond acceptors (Lipinski definition) is 6. The lowest BCUT2D eigenvalue weighted by atomic mass is 10.1. The third kappa shape index (κ3) is 5.24. The lowest BCUT2D eigenvalue weighted by molar-refractivity contribution is 0.0224. The fourth-order valence-corrected chi connectivity index (χ4v) is 4.10. The number of aliphatic hydroxyl groups is 1. The maximum Gasteiger partial charge on any atom is 0.150 e. The summed E-state index contributed by atoms with van der Waals surface area (Å²) in [5, 5.41) is 12.8.